The van der Waals surface area contributed by atoms with Gasteiger partial charge in [-0.3, -0.25) is 4.79 Å². The molecular weight excluding hydrogens is 288 g/mol. The maximum absolute atomic E-state index is 11.5. The molecule has 0 bridgehead atoms. The fourth-order valence-electron chi connectivity index (χ4n) is 1.85. The second-order valence-corrected chi connectivity index (χ2v) is 5.61. The summed E-state index contributed by atoms with van der Waals surface area (Å²) in [5, 5.41) is 9.21. The van der Waals surface area contributed by atoms with Gasteiger partial charge in [-0.1, -0.05) is 42.1 Å². The molecule has 5 nitrogen and oxygen atoms in total. The van der Waals surface area contributed by atoms with Gasteiger partial charge in [0.15, 0.2) is 5.16 Å². The van der Waals surface area contributed by atoms with Gasteiger partial charge in [-0.05, 0) is 24.8 Å². The van der Waals surface area contributed by atoms with E-state index in [0.29, 0.717) is 5.16 Å². The number of thioether (sulfide) groups is 1. The number of nitrogens with zero attached hydrogens (tertiary/aromatic N) is 1. The summed E-state index contributed by atoms with van der Waals surface area (Å²) >= 11 is 1.43. The third kappa shape index (κ3) is 4.75. The zero-order valence-corrected chi connectivity index (χ0v) is 12.2. The number of aromatic nitrogens is 2. The van der Waals surface area contributed by atoms with Crippen molar-refractivity contribution in [2.75, 3.05) is 5.75 Å². The molecule has 1 heterocycles. The number of aryl methyl sites for hydroxylation is 1. The monoisotopic (exact) mass is 304 g/mol. The lowest BCUT2D eigenvalue weighted by molar-refractivity contribution is 0.0694. The van der Waals surface area contributed by atoms with Gasteiger partial charge in [-0.2, -0.15) is 0 Å². The number of H-pyrrole nitrogens is 1. The molecule has 1 aromatic heterocycles. The molecule has 0 aliphatic rings. The van der Waals surface area contributed by atoms with E-state index < -0.39 is 11.5 Å². The van der Waals surface area contributed by atoms with Crippen molar-refractivity contribution >= 4 is 17.7 Å². The Morgan fingerprint density at radius 2 is 2.00 bits per heavy atom. The van der Waals surface area contributed by atoms with E-state index in [1.54, 1.807) is 0 Å². The third-order valence-corrected chi connectivity index (χ3v) is 3.92. The van der Waals surface area contributed by atoms with Gasteiger partial charge in [-0.25, -0.2) is 9.78 Å². The second kappa shape index (κ2) is 7.64. The van der Waals surface area contributed by atoms with Gasteiger partial charge >= 0.3 is 5.97 Å². The van der Waals surface area contributed by atoms with Crippen LogP contribution in [-0.2, 0) is 6.42 Å². The summed E-state index contributed by atoms with van der Waals surface area (Å²) in [5.41, 5.74) is 0.382. The molecule has 0 amide bonds. The number of carboxylic acids is 1. The molecule has 0 saturated heterocycles. The molecule has 2 aromatic rings. The van der Waals surface area contributed by atoms with E-state index >= 15 is 0 Å². The largest absolute Gasteiger partial charge is 0.477 e. The minimum absolute atomic E-state index is 0.330. The predicted molar refractivity (Wildman–Crippen MR) is 81.9 cm³/mol. The highest BCUT2D eigenvalue weighted by Gasteiger charge is 2.09. The van der Waals surface area contributed by atoms with Crippen LogP contribution in [0.5, 0.6) is 0 Å². The van der Waals surface area contributed by atoms with Gasteiger partial charge in [0.05, 0.1) is 0 Å². The molecule has 0 radical (unpaired) electrons. The van der Waals surface area contributed by atoms with Crippen molar-refractivity contribution in [1.29, 1.82) is 0 Å². The highest BCUT2D eigenvalue weighted by atomic mass is 32.2. The summed E-state index contributed by atoms with van der Waals surface area (Å²) in [6.45, 7) is 0. The van der Waals surface area contributed by atoms with Crippen molar-refractivity contribution in [3.63, 3.8) is 0 Å². The average molecular weight is 304 g/mol. The van der Waals surface area contributed by atoms with E-state index in [-0.39, 0.29) is 5.56 Å². The highest BCUT2D eigenvalue weighted by Crippen LogP contribution is 2.14. The topological polar surface area (TPSA) is 83.0 Å². The number of hydrogen-bond acceptors (Lipinski definition) is 4. The standard InChI is InChI=1S/C15H16N2O3S/c18-13-12(14(19)20)10-16-15(17-13)21-9-5-4-8-11-6-2-1-3-7-11/h1-3,6-7,10H,4-5,8-9H2,(H,19,20)(H,16,17,18). The Hall–Kier alpha value is -2.08. The Labute approximate surface area is 126 Å². The number of benzene rings is 1. The van der Waals surface area contributed by atoms with Crippen LogP contribution in [0.2, 0.25) is 0 Å². The SMILES string of the molecule is O=C(O)c1cnc(SCCCCc2ccccc2)[nH]c1=O. The third-order valence-electron chi connectivity index (χ3n) is 2.95. The molecule has 0 unspecified atom stereocenters. The first-order valence-corrected chi connectivity index (χ1v) is 7.64. The number of hydrogen-bond donors (Lipinski definition) is 2. The second-order valence-electron chi connectivity index (χ2n) is 4.53. The van der Waals surface area contributed by atoms with Gasteiger partial charge in [0.2, 0.25) is 0 Å². The molecule has 2 N–H and O–H groups in total. The average Bonchev–Trinajstić information content (AvgIpc) is 2.47. The van der Waals surface area contributed by atoms with E-state index in [1.165, 1.54) is 17.3 Å². The normalized spacial score (nSPS) is 10.5. The minimum Gasteiger partial charge on any atom is -0.477 e. The number of rotatable bonds is 7. The van der Waals surface area contributed by atoms with Gasteiger partial charge in [-0.15, -0.1) is 0 Å². The lowest BCUT2D eigenvalue weighted by atomic mass is 10.1. The van der Waals surface area contributed by atoms with Crippen molar-refractivity contribution < 1.29 is 9.90 Å². The van der Waals surface area contributed by atoms with Crippen LogP contribution in [0.4, 0.5) is 0 Å². The van der Waals surface area contributed by atoms with Crippen LogP contribution in [0, 0.1) is 0 Å². The quantitative estimate of drug-likeness (QED) is 0.467. The number of unbranched alkanes of at least 4 members (excludes halogenated alkanes) is 1. The van der Waals surface area contributed by atoms with Crippen LogP contribution in [0.3, 0.4) is 0 Å². The zero-order chi connectivity index (χ0) is 15.1. The Morgan fingerprint density at radius 3 is 2.67 bits per heavy atom. The molecule has 0 aliphatic carbocycles. The molecule has 0 aliphatic heterocycles. The first-order valence-electron chi connectivity index (χ1n) is 6.66. The van der Waals surface area contributed by atoms with Crippen molar-refractivity contribution in [3.8, 4) is 0 Å². The molecule has 1 aromatic carbocycles. The van der Waals surface area contributed by atoms with E-state index in [9.17, 15) is 9.59 Å². The van der Waals surface area contributed by atoms with E-state index in [1.807, 2.05) is 18.2 Å². The number of aromatic carboxylic acids is 1. The number of carbonyl (C=O) groups is 1. The Balaban J connectivity index is 1.75. The van der Waals surface area contributed by atoms with Crippen LogP contribution < -0.4 is 5.56 Å². The molecule has 6 heteroatoms. The smallest absolute Gasteiger partial charge is 0.342 e. The summed E-state index contributed by atoms with van der Waals surface area (Å²) in [6.07, 6.45) is 4.20. The van der Waals surface area contributed by atoms with Crippen LogP contribution >= 0.6 is 11.8 Å². The molecule has 2 rings (SSSR count). The molecule has 21 heavy (non-hydrogen) atoms. The molecule has 110 valence electrons. The summed E-state index contributed by atoms with van der Waals surface area (Å²) in [5.74, 6) is -0.425. The van der Waals surface area contributed by atoms with Gasteiger partial charge in [0.25, 0.3) is 5.56 Å². The summed E-state index contributed by atoms with van der Waals surface area (Å²) in [4.78, 5) is 28.6. The van der Waals surface area contributed by atoms with Gasteiger partial charge in [0, 0.05) is 11.9 Å². The lowest BCUT2D eigenvalue weighted by Gasteiger charge is -2.02. The molecule has 0 atom stereocenters. The van der Waals surface area contributed by atoms with E-state index in [4.69, 9.17) is 5.11 Å². The first kappa shape index (κ1) is 15.3. The van der Waals surface area contributed by atoms with E-state index in [2.05, 4.69) is 22.1 Å². The van der Waals surface area contributed by atoms with Crippen molar-refractivity contribution in [1.82, 2.24) is 9.97 Å². The van der Waals surface area contributed by atoms with Gasteiger partial charge < -0.3 is 10.1 Å². The lowest BCUT2D eigenvalue weighted by Crippen LogP contribution is -2.18. The maximum Gasteiger partial charge on any atom is 0.342 e. The minimum atomic E-state index is -1.26. The number of nitrogens with one attached hydrogen (secondary N) is 1. The summed E-state index contributed by atoms with van der Waals surface area (Å²) in [7, 11) is 0. The molecule has 0 saturated carbocycles. The van der Waals surface area contributed by atoms with Crippen molar-refractivity contribution in [2.24, 2.45) is 0 Å². The van der Waals surface area contributed by atoms with Crippen LogP contribution in [-0.4, -0.2) is 26.8 Å². The number of carboxylic acid groups (broad SMARTS) is 1. The fourth-order valence-corrected chi connectivity index (χ4v) is 2.68. The van der Waals surface area contributed by atoms with Gasteiger partial charge in [0.1, 0.15) is 5.56 Å². The number of aromatic amines is 1. The highest BCUT2D eigenvalue weighted by molar-refractivity contribution is 7.99. The zero-order valence-electron chi connectivity index (χ0n) is 11.4. The Morgan fingerprint density at radius 1 is 1.24 bits per heavy atom. The maximum atomic E-state index is 11.5. The predicted octanol–water partition coefficient (Wildman–Crippen LogP) is 2.58. The van der Waals surface area contributed by atoms with Crippen LogP contribution in [0.15, 0.2) is 46.5 Å². The van der Waals surface area contributed by atoms with Crippen molar-refractivity contribution in [2.45, 2.75) is 24.4 Å². The van der Waals surface area contributed by atoms with E-state index in [0.717, 1.165) is 31.2 Å². The Bertz CT molecular complexity index is 655. The summed E-state index contributed by atoms with van der Waals surface area (Å²) in [6, 6.07) is 10.3. The molecule has 0 spiro atoms. The first-order chi connectivity index (χ1) is 10.2. The molecule has 0 fully saturated rings. The van der Waals surface area contributed by atoms with Crippen molar-refractivity contribution in [3.05, 3.63) is 58.0 Å². The summed E-state index contributed by atoms with van der Waals surface area (Å²) < 4.78 is 0. The Kier molecular flexibility index (Phi) is 5.57. The molecular formula is C15H16N2O3S. The fraction of sp³-hybridized carbons (Fsp3) is 0.267. The van der Waals surface area contributed by atoms with Crippen LogP contribution in [0.1, 0.15) is 28.8 Å². The van der Waals surface area contributed by atoms with Crippen LogP contribution in [0.25, 0.3) is 0 Å².